The molecule has 0 radical (unpaired) electrons. The molecule has 1 heterocycles. The van der Waals surface area contributed by atoms with Gasteiger partial charge in [-0.2, -0.15) is 5.10 Å². The fourth-order valence-corrected chi connectivity index (χ4v) is 1.82. The summed E-state index contributed by atoms with van der Waals surface area (Å²) in [6, 6.07) is 13.1. The van der Waals surface area contributed by atoms with Crippen molar-refractivity contribution in [2.24, 2.45) is 5.10 Å². The van der Waals surface area contributed by atoms with Crippen LogP contribution in [0.1, 0.15) is 11.3 Å². The highest BCUT2D eigenvalue weighted by Gasteiger charge is 2.01. The van der Waals surface area contributed by atoms with Crippen LogP contribution >= 0.6 is 22.6 Å². The molecule has 2 rings (SSSR count). The molecule has 1 N–H and O–H groups in total. The maximum Gasteiger partial charge on any atom is 0.244 e. The van der Waals surface area contributed by atoms with Gasteiger partial charge in [-0.3, -0.25) is 4.79 Å². The topological polar surface area (TPSA) is 54.6 Å². The number of rotatable bonds is 4. The molecular formula is C13H11IN2O2. The van der Waals surface area contributed by atoms with Crippen molar-refractivity contribution in [3.63, 3.8) is 0 Å². The van der Waals surface area contributed by atoms with E-state index in [1.54, 1.807) is 6.07 Å². The third-order valence-electron chi connectivity index (χ3n) is 2.18. The highest BCUT2D eigenvalue weighted by atomic mass is 127. The Morgan fingerprint density at radius 2 is 2.06 bits per heavy atom. The van der Waals surface area contributed by atoms with Crippen molar-refractivity contribution in [3.05, 3.63) is 57.6 Å². The van der Waals surface area contributed by atoms with E-state index in [0.29, 0.717) is 12.2 Å². The monoisotopic (exact) mass is 354 g/mol. The number of halogens is 1. The average Bonchev–Trinajstić information content (AvgIpc) is 2.76. The third-order valence-corrected chi connectivity index (χ3v) is 2.76. The van der Waals surface area contributed by atoms with Crippen molar-refractivity contribution in [1.82, 2.24) is 5.43 Å². The highest BCUT2D eigenvalue weighted by molar-refractivity contribution is 14.1. The summed E-state index contributed by atoms with van der Waals surface area (Å²) in [7, 11) is 0. The zero-order valence-corrected chi connectivity index (χ0v) is 11.6. The zero-order valence-electron chi connectivity index (χ0n) is 9.47. The van der Waals surface area contributed by atoms with Gasteiger partial charge in [0.15, 0.2) is 3.77 Å². The van der Waals surface area contributed by atoms with E-state index in [1.807, 2.05) is 36.4 Å². The first kappa shape index (κ1) is 12.8. The molecule has 0 saturated heterocycles. The molecule has 0 atom stereocenters. The minimum atomic E-state index is -0.154. The van der Waals surface area contributed by atoms with Crippen molar-refractivity contribution in [2.75, 3.05) is 0 Å². The van der Waals surface area contributed by atoms with E-state index >= 15 is 0 Å². The first-order chi connectivity index (χ1) is 8.74. The van der Waals surface area contributed by atoms with Crippen LogP contribution in [0.5, 0.6) is 0 Å². The van der Waals surface area contributed by atoms with E-state index in [2.05, 4.69) is 33.1 Å². The number of carbonyl (C=O) groups is 1. The number of amides is 1. The van der Waals surface area contributed by atoms with Crippen molar-refractivity contribution in [1.29, 1.82) is 0 Å². The Morgan fingerprint density at radius 1 is 1.28 bits per heavy atom. The molecule has 1 aromatic heterocycles. The van der Waals surface area contributed by atoms with Gasteiger partial charge in [0.05, 0.1) is 12.6 Å². The second-order valence-electron chi connectivity index (χ2n) is 3.60. The van der Waals surface area contributed by atoms with Gasteiger partial charge >= 0.3 is 0 Å². The molecule has 0 fully saturated rings. The van der Waals surface area contributed by atoms with Crippen LogP contribution in [-0.2, 0) is 11.2 Å². The Hall–Kier alpha value is -1.63. The Labute approximate surface area is 118 Å². The second kappa shape index (κ2) is 6.34. The SMILES string of the molecule is O=C(Cc1ccccc1)N/N=C/c1ccc(I)o1. The maximum atomic E-state index is 11.6. The van der Waals surface area contributed by atoms with E-state index in [0.717, 1.165) is 9.33 Å². The lowest BCUT2D eigenvalue weighted by Crippen LogP contribution is -2.19. The van der Waals surface area contributed by atoms with Crippen molar-refractivity contribution >= 4 is 34.7 Å². The van der Waals surface area contributed by atoms with Gasteiger partial charge in [-0.1, -0.05) is 30.3 Å². The average molecular weight is 354 g/mol. The fraction of sp³-hybridized carbons (Fsp3) is 0.0769. The molecule has 1 aromatic carbocycles. The molecule has 5 heteroatoms. The van der Waals surface area contributed by atoms with E-state index < -0.39 is 0 Å². The molecule has 0 bridgehead atoms. The minimum absolute atomic E-state index is 0.154. The molecule has 92 valence electrons. The Kier molecular flexibility index (Phi) is 4.52. The fourth-order valence-electron chi connectivity index (χ4n) is 1.39. The number of hydrazone groups is 1. The Bertz CT molecular complexity index is 549. The summed E-state index contributed by atoms with van der Waals surface area (Å²) in [5.41, 5.74) is 3.41. The van der Waals surface area contributed by atoms with Crippen LogP contribution in [0.4, 0.5) is 0 Å². The van der Waals surface area contributed by atoms with Crippen LogP contribution in [0.2, 0.25) is 0 Å². The minimum Gasteiger partial charge on any atom is -0.449 e. The molecule has 18 heavy (non-hydrogen) atoms. The summed E-state index contributed by atoms with van der Waals surface area (Å²) in [6.45, 7) is 0. The summed E-state index contributed by atoms with van der Waals surface area (Å²) in [6.07, 6.45) is 1.79. The smallest absolute Gasteiger partial charge is 0.244 e. The number of benzene rings is 1. The van der Waals surface area contributed by atoms with Gasteiger partial charge in [0.1, 0.15) is 5.76 Å². The van der Waals surface area contributed by atoms with Crippen LogP contribution in [0.25, 0.3) is 0 Å². The van der Waals surface area contributed by atoms with Crippen LogP contribution in [0.3, 0.4) is 0 Å². The van der Waals surface area contributed by atoms with E-state index in [4.69, 9.17) is 4.42 Å². The first-order valence-electron chi connectivity index (χ1n) is 5.35. The molecule has 0 unspecified atom stereocenters. The van der Waals surface area contributed by atoms with E-state index in [9.17, 15) is 4.79 Å². The summed E-state index contributed by atoms with van der Waals surface area (Å²) < 4.78 is 6.05. The predicted molar refractivity (Wildman–Crippen MR) is 77.3 cm³/mol. The van der Waals surface area contributed by atoms with Gasteiger partial charge in [-0.25, -0.2) is 5.43 Å². The largest absolute Gasteiger partial charge is 0.449 e. The maximum absolute atomic E-state index is 11.6. The van der Waals surface area contributed by atoms with Crippen molar-refractivity contribution in [2.45, 2.75) is 6.42 Å². The predicted octanol–water partition coefficient (Wildman–Crippen LogP) is 2.58. The summed E-state index contributed by atoms with van der Waals surface area (Å²) in [5.74, 6) is 0.457. The normalized spacial score (nSPS) is 10.7. The van der Waals surface area contributed by atoms with Gasteiger partial charge in [-0.15, -0.1) is 0 Å². The molecular weight excluding hydrogens is 343 g/mol. The van der Waals surface area contributed by atoms with Crippen LogP contribution in [0, 0.1) is 3.77 Å². The Balaban J connectivity index is 1.83. The molecule has 1 amide bonds. The van der Waals surface area contributed by atoms with Gasteiger partial charge in [-0.05, 0) is 40.3 Å². The number of nitrogens with one attached hydrogen (secondary N) is 1. The van der Waals surface area contributed by atoms with Crippen molar-refractivity contribution < 1.29 is 9.21 Å². The van der Waals surface area contributed by atoms with Crippen LogP contribution in [-0.4, -0.2) is 12.1 Å². The molecule has 4 nitrogen and oxygen atoms in total. The van der Waals surface area contributed by atoms with Gasteiger partial charge in [0.25, 0.3) is 0 Å². The quantitative estimate of drug-likeness (QED) is 0.521. The molecule has 0 aliphatic rings. The number of hydrogen-bond donors (Lipinski definition) is 1. The number of hydrogen-bond acceptors (Lipinski definition) is 3. The molecule has 0 aliphatic heterocycles. The highest BCUT2D eigenvalue weighted by Crippen LogP contribution is 2.07. The van der Waals surface area contributed by atoms with Gasteiger partial charge in [0, 0.05) is 0 Å². The summed E-state index contributed by atoms with van der Waals surface area (Å²) in [5, 5.41) is 3.83. The molecule has 0 saturated carbocycles. The number of nitrogens with zero attached hydrogens (tertiary/aromatic N) is 1. The van der Waals surface area contributed by atoms with Crippen LogP contribution in [0.15, 0.2) is 52.0 Å². The zero-order chi connectivity index (χ0) is 12.8. The lowest BCUT2D eigenvalue weighted by molar-refractivity contribution is -0.120. The second-order valence-corrected chi connectivity index (χ2v) is 4.66. The van der Waals surface area contributed by atoms with E-state index in [1.165, 1.54) is 6.21 Å². The molecule has 0 spiro atoms. The Morgan fingerprint density at radius 3 is 2.72 bits per heavy atom. The number of furan rings is 1. The molecule has 2 aromatic rings. The molecule has 0 aliphatic carbocycles. The standard InChI is InChI=1S/C13H11IN2O2/c14-12-7-6-11(18-12)9-15-16-13(17)8-10-4-2-1-3-5-10/h1-7,9H,8H2,(H,16,17)/b15-9+. The third kappa shape index (κ3) is 3.99. The first-order valence-corrected chi connectivity index (χ1v) is 6.43. The van der Waals surface area contributed by atoms with Gasteiger partial charge < -0.3 is 4.42 Å². The van der Waals surface area contributed by atoms with Gasteiger partial charge in [0.2, 0.25) is 5.91 Å². The number of carbonyl (C=O) groups excluding carboxylic acids is 1. The van der Waals surface area contributed by atoms with Crippen LogP contribution < -0.4 is 5.43 Å². The lowest BCUT2D eigenvalue weighted by Gasteiger charge is -1.99. The van der Waals surface area contributed by atoms with Crippen molar-refractivity contribution in [3.8, 4) is 0 Å². The lowest BCUT2D eigenvalue weighted by atomic mass is 10.1. The van der Waals surface area contributed by atoms with E-state index in [-0.39, 0.29) is 5.91 Å². The summed E-state index contributed by atoms with van der Waals surface area (Å²) in [4.78, 5) is 11.6. The summed E-state index contributed by atoms with van der Waals surface area (Å²) >= 11 is 2.07.